The number of hydrogen-bond donors (Lipinski definition) is 0. The van der Waals surface area contributed by atoms with Crippen molar-refractivity contribution in [3.8, 4) is 0 Å². The SMILES string of the molecule is CCCCCCCCC(=O)CCC(CCCCC)CCOC(=O)CCC1CCCCC1. The molecular formula is C28H52O3. The van der Waals surface area contributed by atoms with Crippen molar-refractivity contribution in [3.63, 3.8) is 0 Å². The summed E-state index contributed by atoms with van der Waals surface area (Å²) in [5.41, 5.74) is 0. The first-order chi connectivity index (χ1) is 15.2. The summed E-state index contributed by atoms with van der Waals surface area (Å²) < 4.78 is 5.56. The Bertz CT molecular complexity index is 440. The molecule has 3 heteroatoms. The van der Waals surface area contributed by atoms with E-state index in [1.54, 1.807) is 0 Å². The Morgan fingerprint density at radius 2 is 1.42 bits per heavy atom. The molecule has 0 bridgehead atoms. The number of esters is 1. The molecule has 1 aliphatic rings. The minimum absolute atomic E-state index is 0.0166. The standard InChI is InChI=1S/C28H52O3/c1-3-5-7-8-9-14-18-27(29)21-19-26(15-11-6-4-2)23-24-31-28(30)22-20-25-16-12-10-13-17-25/h25-26H,3-24H2,1-2H3. The van der Waals surface area contributed by atoms with E-state index in [1.165, 1.54) is 83.5 Å². The van der Waals surface area contributed by atoms with E-state index in [2.05, 4.69) is 13.8 Å². The van der Waals surface area contributed by atoms with Gasteiger partial charge in [0.15, 0.2) is 0 Å². The normalized spacial score (nSPS) is 15.7. The molecule has 0 amide bonds. The van der Waals surface area contributed by atoms with Crippen molar-refractivity contribution in [1.29, 1.82) is 0 Å². The van der Waals surface area contributed by atoms with Gasteiger partial charge in [-0.15, -0.1) is 0 Å². The van der Waals surface area contributed by atoms with E-state index in [4.69, 9.17) is 4.74 Å². The third-order valence-electron chi connectivity index (χ3n) is 7.13. The van der Waals surface area contributed by atoms with Gasteiger partial charge in [0.05, 0.1) is 6.61 Å². The molecule has 0 N–H and O–H groups in total. The van der Waals surface area contributed by atoms with Crippen LogP contribution in [0.5, 0.6) is 0 Å². The van der Waals surface area contributed by atoms with Gasteiger partial charge < -0.3 is 4.74 Å². The Morgan fingerprint density at radius 3 is 2.16 bits per heavy atom. The fourth-order valence-corrected chi connectivity index (χ4v) is 4.92. The van der Waals surface area contributed by atoms with E-state index in [0.29, 0.717) is 31.1 Å². The van der Waals surface area contributed by atoms with Crippen molar-refractivity contribution >= 4 is 11.8 Å². The monoisotopic (exact) mass is 436 g/mol. The number of carbonyl (C=O) groups excluding carboxylic acids is 2. The maximum atomic E-state index is 12.3. The summed E-state index contributed by atoms with van der Waals surface area (Å²) in [5, 5.41) is 0. The molecule has 0 saturated heterocycles. The molecule has 0 aromatic carbocycles. The average molecular weight is 437 g/mol. The van der Waals surface area contributed by atoms with Gasteiger partial charge in [-0.1, -0.05) is 104 Å². The van der Waals surface area contributed by atoms with E-state index in [0.717, 1.165) is 44.4 Å². The van der Waals surface area contributed by atoms with Crippen LogP contribution < -0.4 is 0 Å². The van der Waals surface area contributed by atoms with E-state index in [9.17, 15) is 9.59 Å². The van der Waals surface area contributed by atoms with Crippen LogP contribution in [0.2, 0.25) is 0 Å². The summed E-state index contributed by atoms with van der Waals surface area (Å²) in [7, 11) is 0. The molecule has 3 nitrogen and oxygen atoms in total. The minimum Gasteiger partial charge on any atom is -0.466 e. The van der Waals surface area contributed by atoms with Crippen molar-refractivity contribution in [3.05, 3.63) is 0 Å². The molecule has 1 fully saturated rings. The van der Waals surface area contributed by atoms with Crippen molar-refractivity contribution in [2.75, 3.05) is 6.61 Å². The molecule has 0 heterocycles. The van der Waals surface area contributed by atoms with Crippen LogP contribution >= 0.6 is 0 Å². The van der Waals surface area contributed by atoms with Crippen LogP contribution in [0.15, 0.2) is 0 Å². The third-order valence-corrected chi connectivity index (χ3v) is 7.13. The summed E-state index contributed by atoms with van der Waals surface area (Å²) in [6.07, 6.45) is 23.8. The van der Waals surface area contributed by atoms with Crippen molar-refractivity contribution in [2.45, 2.75) is 149 Å². The molecule has 182 valence electrons. The molecular weight excluding hydrogens is 384 g/mol. The smallest absolute Gasteiger partial charge is 0.305 e. The van der Waals surface area contributed by atoms with Gasteiger partial charge in [-0.05, 0) is 37.5 Å². The highest BCUT2D eigenvalue weighted by atomic mass is 16.5. The fourth-order valence-electron chi connectivity index (χ4n) is 4.92. The zero-order chi connectivity index (χ0) is 22.6. The van der Waals surface area contributed by atoms with Crippen LogP contribution in [-0.4, -0.2) is 18.4 Å². The first kappa shape index (κ1) is 28.2. The zero-order valence-electron chi connectivity index (χ0n) is 20.9. The second-order valence-corrected chi connectivity index (χ2v) is 10.0. The highest BCUT2D eigenvalue weighted by Gasteiger charge is 2.16. The van der Waals surface area contributed by atoms with Crippen LogP contribution in [0.4, 0.5) is 0 Å². The molecule has 1 rings (SSSR count). The summed E-state index contributed by atoms with van der Waals surface area (Å²) in [6.45, 7) is 5.00. The van der Waals surface area contributed by atoms with E-state index < -0.39 is 0 Å². The Labute approximate surface area is 193 Å². The minimum atomic E-state index is -0.0166. The van der Waals surface area contributed by atoms with Crippen LogP contribution in [-0.2, 0) is 14.3 Å². The highest BCUT2D eigenvalue weighted by molar-refractivity contribution is 5.78. The molecule has 1 unspecified atom stereocenters. The second kappa shape index (κ2) is 19.8. The van der Waals surface area contributed by atoms with Gasteiger partial charge >= 0.3 is 5.97 Å². The van der Waals surface area contributed by atoms with Crippen molar-refractivity contribution in [1.82, 2.24) is 0 Å². The van der Waals surface area contributed by atoms with Crippen LogP contribution in [0.25, 0.3) is 0 Å². The Kier molecular flexibility index (Phi) is 18.0. The molecule has 1 atom stereocenters. The first-order valence-corrected chi connectivity index (χ1v) is 13.8. The van der Waals surface area contributed by atoms with Gasteiger partial charge in [0.25, 0.3) is 0 Å². The van der Waals surface area contributed by atoms with Gasteiger partial charge in [-0.25, -0.2) is 0 Å². The number of hydrogen-bond acceptors (Lipinski definition) is 3. The topological polar surface area (TPSA) is 43.4 Å². The maximum Gasteiger partial charge on any atom is 0.305 e. The molecule has 0 aromatic rings. The number of ether oxygens (including phenoxy) is 1. The summed E-state index contributed by atoms with van der Waals surface area (Å²) in [6, 6.07) is 0. The van der Waals surface area contributed by atoms with E-state index >= 15 is 0 Å². The lowest BCUT2D eigenvalue weighted by molar-refractivity contribution is -0.144. The second-order valence-electron chi connectivity index (χ2n) is 10.0. The average Bonchev–Trinajstić information content (AvgIpc) is 2.78. The molecule has 0 aromatic heterocycles. The Balaban J connectivity index is 2.18. The van der Waals surface area contributed by atoms with Gasteiger partial charge in [0.1, 0.15) is 5.78 Å². The quantitative estimate of drug-likeness (QED) is 0.142. The van der Waals surface area contributed by atoms with Gasteiger partial charge in [-0.2, -0.15) is 0 Å². The predicted octanol–water partition coefficient (Wildman–Crippen LogP) is 8.58. The lowest BCUT2D eigenvalue weighted by Crippen LogP contribution is -2.14. The highest BCUT2D eigenvalue weighted by Crippen LogP contribution is 2.27. The number of carbonyl (C=O) groups is 2. The summed E-state index contributed by atoms with van der Waals surface area (Å²) in [5.74, 6) is 1.67. The van der Waals surface area contributed by atoms with Crippen LogP contribution in [0.3, 0.4) is 0 Å². The Hall–Kier alpha value is -0.860. The fraction of sp³-hybridized carbons (Fsp3) is 0.929. The van der Waals surface area contributed by atoms with Crippen molar-refractivity contribution < 1.29 is 14.3 Å². The number of rotatable bonds is 20. The molecule has 31 heavy (non-hydrogen) atoms. The molecule has 1 aliphatic carbocycles. The largest absolute Gasteiger partial charge is 0.466 e. The molecule has 0 spiro atoms. The molecule has 0 radical (unpaired) electrons. The van der Waals surface area contributed by atoms with Crippen LogP contribution in [0, 0.1) is 11.8 Å². The summed E-state index contributed by atoms with van der Waals surface area (Å²) in [4.78, 5) is 24.4. The van der Waals surface area contributed by atoms with Crippen LogP contribution in [0.1, 0.15) is 149 Å². The van der Waals surface area contributed by atoms with Gasteiger partial charge in [0.2, 0.25) is 0 Å². The first-order valence-electron chi connectivity index (χ1n) is 13.8. The number of unbranched alkanes of at least 4 members (excludes halogenated alkanes) is 7. The van der Waals surface area contributed by atoms with E-state index in [-0.39, 0.29) is 5.97 Å². The molecule has 1 saturated carbocycles. The van der Waals surface area contributed by atoms with Crippen molar-refractivity contribution in [2.24, 2.45) is 11.8 Å². The lowest BCUT2D eigenvalue weighted by Gasteiger charge is -2.21. The van der Waals surface area contributed by atoms with Gasteiger partial charge in [0, 0.05) is 19.3 Å². The summed E-state index contributed by atoms with van der Waals surface area (Å²) >= 11 is 0. The van der Waals surface area contributed by atoms with Gasteiger partial charge in [-0.3, -0.25) is 9.59 Å². The Morgan fingerprint density at radius 1 is 0.742 bits per heavy atom. The lowest BCUT2D eigenvalue weighted by atomic mass is 9.86. The molecule has 0 aliphatic heterocycles. The maximum absolute atomic E-state index is 12.3. The number of Topliss-reactive ketones (excluding diaryl/α,β-unsaturated/α-hetero) is 1. The zero-order valence-corrected chi connectivity index (χ0v) is 20.9. The predicted molar refractivity (Wildman–Crippen MR) is 131 cm³/mol. The number of ketones is 1. The third kappa shape index (κ3) is 16.4. The van der Waals surface area contributed by atoms with E-state index in [1.807, 2.05) is 0 Å².